The van der Waals surface area contributed by atoms with Crippen LogP contribution < -0.4 is 19.5 Å². The maximum Gasteiger partial charge on any atom is 0.261 e. The molecule has 4 aromatic rings. The lowest BCUT2D eigenvalue weighted by atomic mass is 9.86. The number of carbonyl (C=O) groups is 1. The largest absolute Gasteiger partial charge is 0.497 e. The van der Waals surface area contributed by atoms with Gasteiger partial charge in [0.1, 0.15) is 17.1 Å². The van der Waals surface area contributed by atoms with Gasteiger partial charge >= 0.3 is 0 Å². The zero-order valence-electron chi connectivity index (χ0n) is 23.2. The molecule has 1 aliphatic carbocycles. The minimum absolute atomic E-state index is 0.153. The Morgan fingerprint density at radius 3 is 2.57 bits per heavy atom. The fourth-order valence-electron chi connectivity index (χ4n) is 4.60. The summed E-state index contributed by atoms with van der Waals surface area (Å²) in [6.07, 6.45) is 4.96. The predicted molar refractivity (Wildman–Crippen MR) is 154 cm³/mol. The molecule has 0 atom stereocenters. The van der Waals surface area contributed by atoms with E-state index >= 15 is 4.39 Å². The molecule has 0 saturated heterocycles. The van der Waals surface area contributed by atoms with Crippen LogP contribution in [0.5, 0.6) is 11.6 Å². The molecule has 222 valence electrons. The van der Waals surface area contributed by atoms with Crippen LogP contribution in [0.15, 0.2) is 48.7 Å². The molecule has 2 aromatic heterocycles. The number of nitrogens with zero attached hydrogens (tertiary/aromatic N) is 3. The number of hydrogen-bond acceptors (Lipinski definition) is 7. The maximum atomic E-state index is 15.2. The number of sulfonamides is 1. The topological polar surface area (TPSA) is 124 Å². The Bertz CT molecular complexity index is 1710. The van der Waals surface area contributed by atoms with Crippen molar-refractivity contribution in [3.05, 3.63) is 71.4 Å². The first kappa shape index (κ1) is 29.2. The van der Waals surface area contributed by atoms with E-state index < -0.39 is 38.8 Å². The zero-order chi connectivity index (χ0) is 29.9. The fourth-order valence-corrected chi connectivity index (χ4v) is 5.73. The molecule has 1 aliphatic rings. The number of aromatic nitrogens is 3. The van der Waals surface area contributed by atoms with Gasteiger partial charge in [-0.3, -0.25) is 9.52 Å². The van der Waals surface area contributed by atoms with E-state index in [0.717, 1.165) is 42.7 Å². The van der Waals surface area contributed by atoms with Gasteiger partial charge in [0, 0.05) is 0 Å². The minimum Gasteiger partial charge on any atom is -0.497 e. The van der Waals surface area contributed by atoms with E-state index in [9.17, 15) is 17.6 Å². The van der Waals surface area contributed by atoms with E-state index in [-0.39, 0.29) is 11.4 Å². The van der Waals surface area contributed by atoms with Gasteiger partial charge in [-0.1, -0.05) is 25.5 Å². The lowest BCUT2D eigenvalue weighted by molar-refractivity contribution is 0.101. The Balaban J connectivity index is 1.43. The summed E-state index contributed by atoms with van der Waals surface area (Å²) in [6, 6.07) is 10.9. The van der Waals surface area contributed by atoms with Gasteiger partial charge in [-0.25, -0.2) is 26.9 Å². The number of rotatable bonds is 12. The van der Waals surface area contributed by atoms with Crippen molar-refractivity contribution in [3.8, 4) is 11.6 Å². The molecule has 1 fully saturated rings. The smallest absolute Gasteiger partial charge is 0.261 e. The van der Waals surface area contributed by atoms with Crippen molar-refractivity contribution in [2.75, 3.05) is 29.5 Å². The number of fused-ring (bicyclic) bond motifs is 1. The van der Waals surface area contributed by atoms with Crippen molar-refractivity contribution in [2.45, 2.75) is 39.2 Å². The number of pyridine rings is 1. The summed E-state index contributed by atoms with van der Waals surface area (Å²) in [4.78, 5) is 17.5. The van der Waals surface area contributed by atoms with Crippen molar-refractivity contribution in [3.63, 3.8) is 0 Å². The summed E-state index contributed by atoms with van der Waals surface area (Å²) < 4.78 is 69.1. The first-order valence-electron chi connectivity index (χ1n) is 13.6. The van der Waals surface area contributed by atoms with Gasteiger partial charge in [0.2, 0.25) is 15.9 Å². The third-order valence-electron chi connectivity index (χ3n) is 7.04. The molecule has 10 nitrogen and oxygen atoms in total. The molecule has 5 rings (SSSR count). The number of halogens is 2. The van der Waals surface area contributed by atoms with Crippen molar-refractivity contribution >= 4 is 38.3 Å². The maximum absolute atomic E-state index is 15.2. The Morgan fingerprint density at radius 1 is 1.14 bits per heavy atom. The monoisotopic (exact) mass is 599 g/mol. The number of hydrogen-bond donors (Lipinski definition) is 2. The molecule has 0 unspecified atom stereocenters. The molecular weight excluding hydrogens is 568 g/mol. The van der Waals surface area contributed by atoms with Crippen LogP contribution in [0.3, 0.4) is 0 Å². The lowest BCUT2D eigenvalue weighted by Gasteiger charge is -2.24. The summed E-state index contributed by atoms with van der Waals surface area (Å²) >= 11 is 0. The molecule has 2 heterocycles. The summed E-state index contributed by atoms with van der Waals surface area (Å²) in [7, 11) is -2.27. The molecule has 2 N–H and O–H groups in total. The molecule has 1 saturated carbocycles. The van der Waals surface area contributed by atoms with Crippen LogP contribution in [0.4, 0.5) is 20.2 Å². The van der Waals surface area contributed by atoms with Gasteiger partial charge in [-0.05, 0) is 61.1 Å². The first-order chi connectivity index (χ1) is 20.2. The first-order valence-corrected chi connectivity index (χ1v) is 15.2. The van der Waals surface area contributed by atoms with Gasteiger partial charge in [0.05, 0.1) is 49.0 Å². The van der Waals surface area contributed by atoms with Gasteiger partial charge in [-0.15, -0.1) is 5.10 Å². The molecule has 0 spiro atoms. The highest BCUT2D eigenvalue weighted by molar-refractivity contribution is 7.92. The average Bonchev–Trinajstić information content (AvgIpc) is 3.26. The SMILES string of the molecule is CCCS(=O)(=O)Nc1ccc(F)c(C(=O)Nc2cnc3c(c2)c(OCC2CCC2)nn3Cc2ccc(OC)cc2)c1F. The lowest BCUT2D eigenvalue weighted by Crippen LogP contribution is -2.20. The molecule has 2 aromatic carbocycles. The van der Waals surface area contributed by atoms with Gasteiger partial charge in [-0.2, -0.15) is 0 Å². The van der Waals surface area contributed by atoms with Crippen LogP contribution >= 0.6 is 0 Å². The summed E-state index contributed by atoms with van der Waals surface area (Å²) in [5.74, 6) is -2.33. The van der Waals surface area contributed by atoms with Crippen LogP contribution in [0, 0.1) is 17.6 Å². The normalized spacial score (nSPS) is 13.5. The fraction of sp³-hybridized carbons (Fsp3) is 0.345. The van der Waals surface area contributed by atoms with E-state index in [0.29, 0.717) is 42.4 Å². The second-order valence-corrected chi connectivity index (χ2v) is 12.0. The molecule has 0 radical (unpaired) electrons. The highest BCUT2D eigenvalue weighted by Gasteiger charge is 2.24. The van der Waals surface area contributed by atoms with E-state index in [4.69, 9.17) is 9.47 Å². The molecule has 42 heavy (non-hydrogen) atoms. The van der Waals surface area contributed by atoms with Crippen LogP contribution in [0.25, 0.3) is 11.0 Å². The molecular formula is C29H31F2N5O5S. The highest BCUT2D eigenvalue weighted by Crippen LogP contribution is 2.31. The Morgan fingerprint density at radius 2 is 1.90 bits per heavy atom. The zero-order valence-corrected chi connectivity index (χ0v) is 24.0. The molecule has 0 bridgehead atoms. The van der Waals surface area contributed by atoms with Crippen LogP contribution in [0.1, 0.15) is 48.5 Å². The number of nitrogens with one attached hydrogen (secondary N) is 2. The number of carbonyl (C=O) groups excluding carboxylic acids is 1. The van der Waals surface area contributed by atoms with E-state index in [2.05, 4.69) is 20.1 Å². The Hall–Kier alpha value is -4.26. The van der Waals surface area contributed by atoms with Gasteiger partial charge in [0.15, 0.2) is 11.5 Å². The van der Waals surface area contributed by atoms with Crippen molar-refractivity contribution < 1.29 is 31.5 Å². The second-order valence-electron chi connectivity index (χ2n) is 10.2. The summed E-state index contributed by atoms with van der Waals surface area (Å²) in [5, 5.41) is 7.61. The minimum atomic E-state index is -3.87. The van der Waals surface area contributed by atoms with Crippen LogP contribution in [-0.4, -0.2) is 48.6 Å². The number of ether oxygens (including phenoxy) is 2. The second kappa shape index (κ2) is 12.3. The van der Waals surface area contributed by atoms with E-state index in [1.165, 1.54) is 6.20 Å². The highest BCUT2D eigenvalue weighted by atomic mass is 32.2. The molecule has 1 amide bonds. The molecule has 13 heteroatoms. The van der Waals surface area contributed by atoms with Crippen LogP contribution in [0.2, 0.25) is 0 Å². The number of methoxy groups -OCH3 is 1. The molecule has 0 aliphatic heterocycles. The summed E-state index contributed by atoms with van der Waals surface area (Å²) in [5.41, 5.74) is 0.154. The summed E-state index contributed by atoms with van der Waals surface area (Å²) in [6.45, 7) is 2.53. The van der Waals surface area contributed by atoms with Gasteiger partial charge < -0.3 is 14.8 Å². The third kappa shape index (κ3) is 6.46. The average molecular weight is 600 g/mol. The van der Waals surface area contributed by atoms with Gasteiger partial charge in [0.25, 0.3) is 5.91 Å². The van der Waals surface area contributed by atoms with E-state index in [1.807, 2.05) is 24.3 Å². The third-order valence-corrected chi connectivity index (χ3v) is 8.52. The quantitative estimate of drug-likeness (QED) is 0.225. The van der Waals surface area contributed by atoms with Crippen molar-refractivity contribution in [1.82, 2.24) is 14.8 Å². The predicted octanol–water partition coefficient (Wildman–Crippen LogP) is 5.35. The Kier molecular flexibility index (Phi) is 8.57. The number of benzene rings is 2. The van der Waals surface area contributed by atoms with Crippen LogP contribution in [-0.2, 0) is 16.6 Å². The van der Waals surface area contributed by atoms with Crippen molar-refractivity contribution in [2.24, 2.45) is 5.92 Å². The van der Waals surface area contributed by atoms with E-state index in [1.54, 1.807) is 24.8 Å². The number of amides is 1. The van der Waals surface area contributed by atoms with Crippen molar-refractivity contribution in [1.29, 1.82) is 0 Å². The standard InChI is InChI=1S/C29H31F2N5O5S/c1-3-13-42(38,39)35-24-12-11-23(30)25(26(24)31)28(37)33-20-14-22-27(32-15-20)36(16-18-7-9-21(40-2)10-8-18)34-29(22)41-17-19-5-4-6-19/h7-12,14-15,19,35H,3-6,13,16-17H2,1-2H3,(H,33,37). The number of anilines is 2. The Labute approximate surface area is 242 Å².